The van der Waals surface area contributed by atoms with Crippen LogP contribution in [0.25, 0.3) is 0 Å². The molecule has 2 heteroatoms. The lowest BCUT2D eigenvalue weighted by Gasteiger charge is -2.38. The van der Waals surface area contributed by atoms with Gasteiger partial charge in [-0.05, 0) is 67.1 Å². The largest absolute Gasteiger partial charge is 0.392 e. The first-order valence-corrected chi connectivity index (χ1v) is 7.79. The average molecular weight is 278 g/mol. The van der Waals surface area contributed by atoms with Crippen molar-refractivity contribution in [3.05, 3.63) is 35.6 Å². The van der Waals surface area contributed by atoms with Crippen molar-refractivity contribution in [1.82, 2.24) is 0 Å². The van der Waals surface area contributed by atoms with Crippen molar-refractivity contribution in [2.75, 3.05) is 0 Å². The summed E-state index contributed by atoms with van der Waals surface area (Å²) >= 11 is 0. The van der Waals surface area contributed by atoms with Crippen LogP contribution in [0.4, 0.5) is 4.39 Å². The lowest BCUT2D eigenvalue weighted by molar-refractivity contribution is 0.0537. The Morgan fingerprint density at radius 1 is 1.10 bits per heavy atom. The Morgan fingerprint density at radius 2 is 1.65 bits per heavy atom. The highest BCUT2D eigenvalue weighted by Gasteiger charge is 2.32. The number of aliphatic hydroxyl groups is 1. The summed E-state index contributed by atoms with van der Waals surface area (Å²) < 4.78 is 12.9. The zero-order valence-corrected chi connectivity index (χ0v) is 12.9. The maximum absolute atomic E-state index is 12.9. The van der Waals surface area contributed by atoms with E-state index in [1.54, 1.807) is 12.1 Å². The Kier molecular flexibility index (Phi) is 4.85. The number of aliphatic hydroxyl groups excluding tert-OH is 1. The second kappa shape index (κ2) is 6.26. The van der Waals surface area contributed by atoms with Crippen LogP contribution in [0.2, 0.25) is 0 Å². The zero-order valence-electron chi connectivity index (χ0n) is 12.9. The van der Waals surface area contributed by atoms with Gasteiger partial charge < -0.3 is 5.11 Å². The SMILES string of the molecule is CC(C)(C)C1CCC(C(O)Cc2ccc(F)cc2)CC1. The van der Waals surface area contributed by atoms with Gasteiger partial charge in [-0.2, -0.15) is 0 Å². The highest BCUT2D eigenvalue weighted by Crippen LogP contribution is 2.41. The monoisotopic (exact) mass is 278 g/mol. The van der Waals surface area contributed by atoms with Crippen LogP contribution in [0.5, 0.6) is 0 Å². The van der Waals surface area contributed by atoms with Crippen molar-refractivity contribution in [3.63, 3.8) is 0 Å². The van der Waals surface area contributed by atoms with E-state index in [0.717, 1.165) is 24.3 Å². The first-order valence-electron chi connectivity index (χ1n) is 7.79. The third-order valence-electron chi connectivity index (χ3n) is 4.90. The lowest BCUT2D eigenvalue weighted by Crippen LogP contribution is -2.31. The maximum Gasteiger partial charge on any atom is 0.123 e. The van der Waals surface area contributed by atoms with E-state index in [1.807, 2.05) is 0 Å². The Morgan fingerprint density at radius 3 is 2.15 bits per heavy atom. The molecule has 112 valence electrons. The molecule has 1 aromatic carbocycles. The van der Waals surface area contributed by atoms with Crippen LogP contribution in [-0.4, -0.2) is 11.2 Å². The Hall–Kier alpha value is -0.890. The van der Waals surface area contributed by atoms with Crippen LogP contribution < -0.4 is 0 Å². The van der Waals surface area contributed by atoms with Crippen LogP contribution in [0.15, 0.2) is 24.3 Å². The van der Waals surface area contributed by atoms with Crippen LogP contribution in [-0.2, 0) is 6.42 Å². The van der Waals surface area contributed by atoms with Crippen molar-refractivity contribution in [2.45, 2.75) is 59.0 Å². The van der Waals surface area contributed by atoms with Crippen LogP contribution in [0.1, 0.15) is 52.0 Å². The summed E-state index contributed by atoms with van der Waals surface area (Å²) in [6.07, 6.45) is 5.02. The molecule has 1 unspecified atom stereocenters. The number of halogens is 1. The Balaban J connectivity index is 1.85. The Labute approximate surface area is 122 Å². The van der Waals surface area contributed by atoms with Crippen molar-refractivity contribution in [1.29, 1.82) is 0 Å². The minimum absolute atomic E-state index is 0.214. The van der Waals surface area contributed by atoms with E-state index in [2.05, 4.69) is 20.8 Å². The van der Waals surface area contributed by atoms with Gasteiger partial charge >= 0.3 is 0 Å². The third-order valence-corrected chi connectivity index (χ3v) is 4.90. The predicted molar refractivity (Wildman–Crippen MR) is 81.0 cm³/mol. The molecule has 0 spiro atoms. The molecule has 1 aliphatic rings. The molecule has 1 fully saturated rings. The third kappa shape index (κ3) is 4.05. The minimum Gasteiger partial charge on any atom is -0.392 e. The quantitative estimate of drug-likeness (QED) is 0.858. The molecule has 1 atom stereocenters. The van der Waals surface area contributed by atoms with E-state index >= 15 is 0 Å². The standard InChI is InChI=1S/C18H27FO/c1-18(2,3)15-8-6-14(7-9-15)17(20)12-13-4-10-16(19)11-5-13/h4-5,10-11,14-15,17,20H,6-9,12H2,1-3H3. The van der Waals surface area contributed by atoms with Crippen LogP contribution >= 0.6 is 0 Å². The zero-order chi connectivity index (χ0) is 14.8. The second-order valence-electron chi connectivity index (χ2n) is 7.38. The second-order valence-corrected chi connectivity index (χ2v) is 7.38. The lowest BCUT2D eigenvalue weighted by atomic mass is 9.68. The van der Waals surface area contributed by atoms with Crippen LogP contribution in [0, 0.1) is 23.1 Å². The molecule has 20 heavy (non-hydrogen) atoms. The molecular formula is C18H27FO. The highest BCUT2D eigenvalue weighted by atomic mass is 19.1. The fourth-order valence-corrected chi connectivity index (χ4v) is 3.40. The minimum atomic E-state index is -0.290. The van der Waals surface area contributed by atoms with Gasteiger partial charge in [-0.1, -0.05) is 32.9 Å². The molecule has 0 bridgehead atoms. The molecule has 1 nitrogen and oxygen atoms in total. The molecule has 0 heterocycles. The summed E-state index contributed by atoms with van der Waals surface area (Å²) in [5.41, 5.74) is 1.41. The van der Waals surface area contributed by atoms with E-state index in [1.165, 1.54) is 25.0 Å². The molecule has 0 saturated heterocycles. The maximum atomic E-state index is 12.9. The molecule has 0 amide bonds. The normalized spacial score (nSPS) is 25.4. The number of benzene rings is 1. The topological polar surface area (TPSA) is 20.2 Å². The van der Waals surface area contributed by atoms with Gasteiger partial charge in [0.25, 0.3) is 0 Å². The highest BCUT2D eigenvalue weighted by molar-refractivity contribution is 5.17. The van der Waals surface area contributed by atoms with Gasteiger partial charge in [-0.15, -0.1) is 0 Å². The van der Waals surface area contributed by atoms with E-state index in [4.69, 9.17) is 0 Å². The average Bonchev–Trinajstić information content (AvgIpc) is 2.40. The van der Waals surface area contributed by atoms with Gasteiger partial charge in [0.05, 0.1) is 6.10 Å². The van der Waals surface area contributed by atoms with Crippen LogP contribution in [0.3, 0.4) is 0 Å². The predicted octanol–water partition coefficient (Wildman–Crippen LogP) is 4.58. The molecule has 1 aromatic rings. The smallest absolute Gasteiger partial charge is 0.123 e. The molecule has 0 radical (unpaired) electrons. The van der Waals surface area contributed by atoms with Gasteiger partial charge in [0.2, 0.25) is 0 Å². The summed E-state index contributed by atoms with van der Waals surface area (Å²) in [5, 5.41) is 10.4. The molecule has 0 aliphatic heterocycles. The van der Waals surface area contributed by atoms with Crippen molar-refractivity contribution < 1.29 is 9.50 Å². The molecule has 1 saturated carbocycles. The summed E-state index contributed by atoms with van der Waals surface area (Å²) in [6, 6.07) is 6.50. The number of rotatable bonds is 3. The first kappa shape index (κ1) is 15.5. The first-order chi connectivity index (χ1) is 9.36. The summed E-state index contributed by atoms with van der Waals surface area (Å²) in [7, 11) is 0. The van der Waals surface area contributed by atoms with Gasteiger partial charge in [-0.25, -0.2) is 4.39 Å². The summed E-state index contributed by atoms with van der Waals surface area (Å²) in [4.78, 5) is 0. The molecule has 0 aromatic heterocycles. The Bertz CT molecular complexity index is 410. The molecule has 1 aliphatic carbocycles. The van der Waals surface area contributed by atoms with Gasteiger partial charge in [0, 0.05) is 0 Å². The van der Waals surface area contributed by atoms with Gasteiger partial charge in [0.15, 0.2) is 0 Å². The summed E-state index contributed by atoms with van der Waals surface area (Å²) in [5.74, 6) is 0.962. The number of hydrogen-bond acceptors (Lipinski definition) is 1. The molecular weight excluding hydrogens is 251 g/mol. The van der Waals surface area contributed by atoms with Crippen molar-refractivity contribution >= 4 is 0 Å². The van der Waals surface area contributed by atoms with E-state index in [-0.39, 0.29) is 11.9 Å². The van der Waals surface area contributed by atoms with E-state index in [9.17, 15) is 9.50 Å². The fourth-order valence-electron chi connectivity index (χ4n) is 3.40. The van der Waals surface area contributed by atoms with E-state index in [0.29, 0.717) is 17.8 Å². The molecule has 2 rings (SSSR count). The van der Waals surface area contributed by atoms with Gasteiger partial charge in [0.1, 0.15) is 5.82 Å². The molecule has 1 N–H and O–H groups in total. The van der Waals surface area contributed by atoms with E-state index < -0.39 is 0 Å². The van der Waals surface area contributed by atoms with Crippen molar-refractivity contribution in [2.24, 2.45) is 17.3 Å². The fraction of sp³-hybridized carbons (Fsp3) is 0.667. The van der Waals surface area contributed by atoms with Crippen molar-refractivity contribution in [3.8, 4) is 0 Å². The van der Waals surface area contributed by atoms with Gasteiger partial charge in [-0.3, -0.25) is 0 Å². The summed E-state index contributed by atoms with van der Waals surface area (Å²) in [6.45, 7) is 6.94. The number of hydrogen-bond donors (Lipinski definition) is 1.